The van der Waals surface area contributed by atoms with Crippen LogP contribution in [0.1, 0.15) is 44.1 Å². The number of carbonyl (C=O) groups excluding carboxylic acids is 1. The number of benzene rings is 1. The fourth-order valence-corrected chi connectivity index (χ4v) is 7.54. The topological polar surface area (TPSA) is 64.1 Å². The predicted molar refractivity (Wildman–Crippen MR) is 122 cm³/mol. The van der Waals surface area contributed by atoms with E-state index in [9.17, 15) is 4.79 Å². The van der Waals surface area contributed by atoms with Gasteiger partial charge in [0, 0.05) is 16.5 Å². The zero-order valence-electron chi connectivity index (χ0n) is 17.8. The summed E-state index contributed by atoms with van der Waals surface area (Å²) in [6.45, 7) is 2.08. The van der Waals surface area contributed by atoms with E-state index in [0.29, 0.717) is 5.88 Å². The molecule has 0 radical (unpaired) electrons. The van der Waals surface area contributed by atoms with Gasteiger partial charge in [0.05, 0.1) is 5.39 Å². The highest BCUT2D eigenvalue weighted by Crippen LogP contribution is 2.55. The molecule has 4 aliphatic rings. The van der Waals surface area contributed by atoms with E-state index < -0.39 is 0 Å². The summed E-state index contributed by atoms with van der Waals surface area (Å²) in [6, 6.07) is 8.41. The molecule has 4 saturated carbocycles. The number of carbonyl (C=O) groups is 1. The Morgan fingerprint density at radius 3 is 2.45 bits per heavy atom. The average Bonchev–Trinajstić information content (AvgIpc) is 3.16. The number of hydrogen-bond acceptors (Lipinski definition) is 5. The Morgan fingerprint density at radius 2 is 1.77 bits per heavy atom. The maximum atomic E-state index is 12.9. The van der Waals surface area contributed by atoms with Gasteiger partial charge in [0.2, 0.25) is 5.88 Å². The van der Waals surface area contributed by atoms with Crippen LogP contribution in [0.5, 0.6) is 5.88 Å². The van der Waals surface area contributed by atoms with Gasteiger partial charge in [0.1, 0.15) is 11.2 Å². The van der Waals surface area contributed by atoms with E-state index in [0.717, 1.165) is 58.4 Å². The molecule has 1 N–H and O–H groups in total. The van der Waals surface area contributed by atoms with Gasteiger partial charge in [-0.3, -0.25) is 4.79 Å². The van der Waals surface area contributed by atoms with Crippen molar-refractivity contribution in [3.63, 3.8) is 0 Å². The monoisotopic (exact) mass is 433 g/mol. The fraction of sp³-hybridized carbons (Fsp3) is 0.480. The Morgan fingerprint density at radius 1 is 1.10 bits per heavy atom. The minimum absolute atomic E-state index is 0.00293. The highest BCUT2D eigenvalue weighted by molar-refractivity contribution is 7.17. The molecule has 0 unspecified atom stereocenters. The zero-order valence-corrected chi connectivity index (χ0v) is 18.6. The first kappa shape index (κ1) is 19.2. The van der Waals surface area contributed by atoms with Gasteiger partial charge in [-0.2, -0.15) is 0 Å². The van der Waals surface area contributed by atoms with Crippen LogP contribution in [0, 0.1) is 24.7 Å². The van der Waals surface area contributed by atoms with Crippen LogP contribution in [0.4, 0.5) is 0 Å². The molecule has 160 valence electrons. The Hall–Kier alpha value is -2.47. The largest absolute Gasteiger partial charge is 0.467 e. The molecule has 4 fully saturated rings. The van der Waals surface area contributed by atoms with Gasteiger partial charge < -0.3 is 10.1 Å². The molecule has 0 saturated heterocycles. The van der Waals surface area contributed by atoms with E-state index in [2.05, 4.69) is 51.9 Å². The minimum Gasteiger partial charge on any atom is -0.467 e. The molecule has 5 nitrogen and oxygen atoms in total. The van der Waals surface area contributed by atoms with E-state index in [1.807, 2.05) is 0 Å². The molecule has 0 spiro atoms. The number of aromatic nitrogens is 2. The molecule has 2 aromatic heterocycles. The van der Waals surface area contributed by atoms with Crippen LogP contribution < -0.4 is 10.1 Å². The Kier molecular flexibility index (Phi) is 4.53. The van der Waals surface area contributed by atoms with E-state index in [-0.39, 0.29) is 18.1 Å². The van der Waals surface area contributed by atoms with Crippen molar-refractivity contribution in [1.82, 2.24) is 15.3 Å². The molecule has 31 heavy (non-hydrogen) atoms. The summed E-state index contributed by atoms with van der Waals surface area (Å²) < 4.78 is 5.98. The van der Waals surface area contributed by atoms with Crippen LogP contribution in [0.15, 0.2) is 36.0 Å². The van der Waals surface area contributed by atoms with Gasteiger partial charge in [-0.05, 0) is 68.8 Å². The Balaban J connectivity index is 1.20. The molecular weight excluding hydrogens is 406 g/mol. The van der Waals surface area contributed by atoms with Crippen molar-refractivity contribution >= 4 is 27.5 Å². The summed E-state index contributed by atoms with van der Waals surface area (Å²) >= 11 is 1.57. The minimum atomic E-state index is -0.0270. The third-order valence-electron chi connectivity index (χ3n) is 7.48. The van der Waals surface area contributed by atoms with Crippen LogP contribution >= 0.6 is 11.3 Å². The molecule has 2 heterocycles. The van der Waals surface area contributed by atoms with Crippen molar-refractivity contribution in [3.05, 3.63) is 41.5 Å². The van der Waals surface area contributed by atoms with Gasteiger partial charge in [-0.15, -0.1) is 11.3 Å². The SMILES string of the molecule is Cc1ccc(-c2csc3ncnc(OCC(=O)NC45CC6CC(CC(C6)C4)C5)c23)cc1. The number of aryl methyl sites for hydroxylation is 1. The lowest BCUT2D eigenvalue weighted by molar-refractivity contribution is -0.128. The van der Waals surface area contributed by atoms with Gasteiger partial charge in [0.15, 0.2) is 6.61 Å². The third-order valence-corrected chi connectivity index (χ3v) is 8.37. The molecule has 6 heteroatoms. The molecule has 4 aliphatic carbocycles. The number of amides is 1. The van der Waals surface area contributed by atoms with Crippen molar-refractivity contribution in [2.45, 2.75) is 51.0 Å². The molecule has 1 aromatic carbocycles. The number of nitrogens with zero attached hydrogens (tertiary/aromatic N) is 2. The molecule has 0 aliphatic heterocycles. The molecule has 7 rings (SSSR count). The number of ether oxygens (including phenoxy) is 1. The quantitative estimate of drug-likeness (QED) is 0.606. The van der Waals surface area contributed by atoms with E-state index in [1.165, 1.54) is 31.2 Å². The second-order valence-electron chi connectivity index (χ2n) is 9.91. The summed E-state index contributed by atoms with van der Waals surface area (Å²) in [5.74, 6) is 2.87. The van der Waals surface area contributed by atoms with Crippen LogP contribution in [-0.2, 0) is 4.79 Å². The molecule has 1 amide bonds. The standard InChI is InChI=1S/C25H27N3O2S/c1-15-2-4-19(5-3-15)20-13-31-24-22(20)23(26-14-27-24)30-12-21(29)28-25-9-16-6-17(10-25)8-18(7-16)11-25/h2-5,13-14,16-18H,6-12H2,1H3,(H,28,29). The molecule has 4 bridgehead atoms. The van der Waals surface area contributed by atoms with Crippen molar-refractivity contribution in [3.8, 4) is 17.0 Å². The smallest absolute Gasteiger partial charge is 0.258 e. The number of hydrogen-bond donors (Lipinski definition) is 1. The van der Waals surface area contributed by atoms with Crippen molar-refractivity contribution < 1.29 is 9.53 Å². The third kappa shape index (κ3) is 3.51. The first-order chi connectivity index (χ1) is 15.1. The van der Waals surface area contributed by atoms with Crippen LogP contribution in [0.2, 0.25) is 0 Å². The Labute approximate surface area is 186 Å². The fourth-order valence-electron chi connectivity index (χ4n) is 6.63. The Bertz CT molecular complexity index is 1100. The number of thiophene rings is 1. The van der Waals surface area contributed by atoms with Crippen molar-refractivity contribution in [2.24, 2.45) is 17.8 Å². The summed E-state index contributed by atoms with van der Waals surface area (Å²) in [4.78, 5) is 22.5. The lowest BCUT2D eigenvalue weighted by atomic mass is 9.53. The maximum Gasteiger partial charge on any atom is 0.258 e. The van der Waals surface area contributed by atoms with E-state index in [1.54, 1.807) is 11.3 Å². The highest BCUT2D eigenvalue weighted by Gasteiger charge is 2.51. The lowest BCUT2D eigenvalue weighted by Crippen LogP contribution is -2.60. The first-order valence-corrected chi connectivity index (χ1v) is 12.2. The number of fused-ring (bicyclic) bond motifs is 1. The van der Waals surface area contributed by atoms with E-state index in [4.69, 9.17) is 4.74 Å². The first-order valence-electron chi connectivity index (χ1n) is 11.3. The average molecular weight is 434 g/mol. The summed E-state index contributed by atoms with van der Waals surface area (Å²) in [7, 11) is 0. The van der Waals surface area contributed by atoms with Gasteiger partial charge in [0.25, 0.3) is 5.91 Å². The van der Waals surface area contributed by atoms with Crippen molar-refractivity contribution in [2.75, 3.05) is 6.61 Å². The predicted octanol–water partition coefficient (Wildman–Crippen LogP) is 5.13. The molecule has 0 atom stereocenters. The second kappa shape index (κ2) is 7.30. The molecular formula is C25H27N3O2S. The second-order valence-corrected chi connectivity index (χ2v) is 10.8. The van der Waals surface area contributed by atoms with Crippen LogP contribution in [-0.4, -0.2) is 28.0 Å². The number of rotatable bonds is 5. The number of nitrogens with one attached hydrogen (secondary N) is 1. The lowest BCUT2D eigenvalue weighted by Gasteiger charge is -2.56. The van der Waals surface area contributed by atoms with Crippen LogP contribution in [0.3, 0.4) is 0 Å². The maximum absolute atomic E-state index is 12.9. The van der Waals surface area contributed by atoms with Gasteiger partial charge in [-0.25, -0.2) is 9.97 Å². The van der Waals surface area contributed by atoms with Crippen LogP contribution in [0.25, 0.3) is 21.3 Å². The zero-order chi connectivity index (χ0) is 21.0. The van der Waals surface area contributed by atoms with Crippen molar-refractivity contribution in [1.29, 1.82) is 0 Å². The normalized spacial score (nSPS) is 28.7. The van der Waals surface area contributed by atoms with E-state index >= 15 is 0 Å². The molecule has 3 aromatic rings. The van der Waals surface area contributed by atoms with Gasteiger partial charge in [-0.1, -0.05) is 29.8 Å². The highest BCUT2D eigenvalue weighted by atomic mass is 32.1. The van der Waals surface area contributed by atoms with Gasteiger partial charge >= 0.3 is 0 Å². The summed E-state index contributed by atoms with van der Waals surface area (Å²) in [6.07, 6.45) is 9.04. The summed E-state index contributed by atoms with van der Waals surface area (Å²) in [5, 5.41) is 6.36. The summed E-state index contributed by atoms with van der Waals surface area (Å²) in [5.41, 5.74) is 3.38.